The summed E-state index contributed by atoms with van der Waals surface area (Å²) in [6.45, 7) is 22.4. The van der Waals surface area contributed by atoms with E-state index in [0.29, 0.717) is 35.1 Å². The van der Waals surface area contributed by atoms with Gasteiger partial charge in [0, 0.05) is 90.9 Å². The average Bonchev–Trinajstić information content (AvgIpc) is 3.47. The topological polar surface area (TPSA) is 238 Å². The van der Waals surface area contributed by atoms with Gasteiger partial charge in [-0.2, -0.15) is 0 Å². The number of hydrogen-bond acceptors (Lipinski definition) is 18. The molecule has 2 aliphatic heterocycles. The van der Waals surface area contributed by atoms with E-state index in [9.17, 15) is 14.4 Å². The number of aromatic nitrogens is 7. The molecule has 2 saturated heterocycles. The minimum Gasteiger partial charge on any atom is -0.459 e. The second kappa shape index (κ2) is 26.2. The van der Waals surface area contributed by atoms with Crippen molar-refractivity contribution in [2.24, 2.45) is 5.73 Å². The van der Waals surface area contributed by atoms with E-state index >= 15 is 0 Å². The van der Waals surface area contributed by atoms with Crippen molar-refractivity contribution < 1.29 is 28.6 Å². The maximum absolute atomic E-state index is 13.1. The van der Waals surface area contributed by atoms with Gasteiger partial charge in [0.2, 0.25) is 0 Å². The number of nitrogens with two attached hydrogens (primary N) is 1. The van der Waals surface area contributed by atoms with Gasteiger partial charge in [-0.05, 0) is 162 Å². The first-order valence-electron chi connectivity index (χ1n) is 28.2. The number of esters is 2. The largest absolute Gasteiger partial charge is 0.459 e. The molecule has 5 aromatic heterocycles. The number of alkyl carbamates (subject to hydrolysis) is 1. The predicted molar refractivity (Wildman–Crippen MR) is 312 cm³/mol. The van der Waals surface area contributed by atoms with Crippen molar-refractivity contribution in [2.45, 2.75) is 162 Å². The summed E-state index contributed by atoms with van der Waals surface area (Å²) in [5.41, 5.74) is 13.3. The van der Waals surface area contributed by atoms with Crippen molar-refractivity contribution in [3.63, 3.8) is 0 Å². The van der Waals surface area contributed by atoms with Crippen LogP contribution in [0, 0.1) is 27.7 Å². The van der Waals surface area contributed by atoms with E-state index in [2.05, 4.69) is 65.0 Å². The normalized spacial score (nSPS) is 15.9. The maximum atomic E-state index is 13.1. The number of nitrogens with zero attached hydrogens (tertiary/aromatic N) is 9. The van der Waals surface area contributed by atoms with Crippen molar-refractivity contribution in [1.82, 2.24) is 40.2 Å². The van der Waals surface area contributed by atoms with E-state index in [-0.39, 0.29) is 19.7 Å². The zero-order chi connectivity index (χ0) is 57.1. The highest BCUT2D eigenvalue weighted by Crippen LogP contribution is 2.35. The SMILES string of the molecule is Cc1nc(NC[C@H](N)C(=O)OC(C)(C)C)c(C)c(N2CCC(c3ccc4c(n3)CCCC4)CC2)n1.Cc1nc(NC[C@H](NC(=O)OCc2ccccc2)C(=O)OC(C)(C)C)c(C)c(N2CCC(c3ccc4cccnc4n3)CC2)n1. The highest BCUT2D eigenvalue weighted by molar-refractivity contribution is 5.82. The molecule has 0 saturated carbocycles. The Morgan fingerprint density at radius 1 is 0.637 bits per heavy atom. The van der Waals surface area contributed by atoms with Crippen LogP contribution in [0.4, 0.5) is 28.1 Å². The number of ether oxygens (including phenoxy) is 3. The third-order valence-electron chi connectivity index (χ3n) is 14.4. The Balaban J connectivity index is 0.000000217. The first kappa shape index (κ1) is 58.6. The highest BCUT2D eigenvalue weighted by Gasteiger charge is 2.31. The molecule has 2 atom stereocenters. The lowest BCUT2D eigenvalue weighted by molar-refractivity contribution is -0.157. The molecular weight excluding hydrogens is 1010 g/mol. The molecule has 6 aromatic rings. The van der Waals surface area contributed by atoms with Gasteiger partial charge in [-0.25, -0.2) is 39.5 Å². The molecule has 0 unspecified atom stereocenters. The molecule has 1 amide bonds. The molecule has 3 aliphatic rings. The third kappa shape index (κ3) is 16.1. The number of piperidine rings is 2. The fourth-order valence-corrected chi connectivity index (χ4v) is 10.3. The van der Waals surface area contributed by atoms with Crippen molar-refractivity contribution in [2.75, 3.05) is 59.7 Å². The summed E-state index contributed by atoms with van der Waals surface area (Å²) in [4.78, 5) is 75.7. The zero-order valence-corrected chi connectivity index (χ0v) is 48.4. The van der Waals surface area contributed by atoms with E-state index in [1.54, 1.807) is 27.0 Å². The molecule has 7 heterocycles. The minimum atomic E-state index is -1.01. The smallest absolute Gasteiger partial charge is 0.408 e. The van der Waals surface area contributed by atoms with Gasteiger partial charge >= 0.3 is 18.0 Å². The van der Waals surface area contributed by atoms with Gasteiger partial charge in [0.05, 0.1) is 0 Å². The lowest BCUT2D eigenvalue weighted by atomic mass is 9.90. The number of carbonyl (C=O) groups excluding carboxylic acids is 3. The summed E-state index contributed by atoms with van der Waals surface area (Å²) in [7, 11) is 0. The van der Waals surface area contributed by atoms with Crippen LogP contribution >= 0.6 is 0 Å². The Hall–Kier alpha value is -7.54. The number of aryl methyl sites for hydroxylation is 4. The quantitative estimate of drug-likeness (QED) is 0.0553. The molecule has 19 nitrogen and oxygen atoms in total. The molecule has 80 heavy (non-hydrogen) atoms. The summed E-state index contributed by atoms with van der Waals surface area (Å²) in [5.74, 6) is 4.23. The number of hydrogen-bond donors (Lipinski definition) is 4. The molecule has 0 spiro atoms. The van der Waals surface area contributed by atoms with Crippen LogP contribution in [0.3, 0.4) is 0 Å². The summed E-state index contributed by atoms with van der Waals surface area (Å²) in [6, 6.07) is 20.3. The van der Waals surface area contributed by atoms with Crippen LogP contribution in [0.2, 0.25) is 0 Å². The van der Waals surface area contributed by atoms with Gasteiger partial charge in [-0.15, -0.1) is 0 Å². The molecule has 9 rings (SSSR count). The lowest BCUT2D eigenvalue weighted by Gasteiger charge is -2.34. The van der Waals surface area contributed by atoms with Gasteiger partial charge in [-0.3, -0.25) is 9.78 Å². The van der Waals surface area contributed by atoms with E-state index in [0.717, 1.165) is 103 Å². The molecule has 0 radical (unpaired) electrons. The number of nitrogens with one attached hydrogen (secondary N) is 3. The van der Waals surface area contributed by atoms with Crippen molar-refractivity contribution in [3.8, 4) is 0 Å². The van der Waals surface area contributed by atoms with Gasteiger partial charge in [0.25, 0.3) is 0 Å². The highest BCUT2D eigenvalue weighted by atomic mass is 16.6. The van der Waals surface area contributed by atoms with Crippen LogP contribution in [0.25, 0.3) is 11.0 Å². The number of rotatable bonds is 15. The Morgan fingerprint density at radius 3 is 1.79 bits per heavy atom. The Labute approximate surface area is 471 Å². The lowest BCUT2D eigenvalue weighted by Crippen LogP contribution is -2.48. The number of pyridine rings is 3. The zero-order valence-electron chi connectivity index (χ0n) is 48.4. The van der Waals surface area contributed by atoms with Crippen molar-refractivity contribution in [3.05, 3.63) is 124 Å². The third-order valence-corrected chi connectivity index (χ3v) is 14.4. The Morgan fingerprint density at radius 2 is 1.19 bits per heavy atom. The number of anilines is 4. The Bertz CT molecular complexity index is 3090. The second-order valence-electron chi connectivity index (χ2n) is 23.2. The summed E-state index contributed by atoms with van der Waals surface area (Å²) in [6.07, 6.45) is 9.88. The predicted octanol–water partition coefficient (Wildman–Crippen LogP) is 9.30. The Kier molecular flexibility index (Phi) is 19.2. The summed E-state index contributed by atoms with van der Waals surface area (Å²) < 4.78 is 16.4. The van der Waals surface area contributed by atoms with E-state index in [1.807, 2.05) is 90.9 Å². The van der Waals surface area contributed by atoms with Crippen LogP contribution in [0.5, 0.6) is 0 Å². The maximum Gasteiger partial charge on any atom is 0.408 e. The molecule has 5 N–H and O–H groups in total. The summed E-state index contributed by atoms with van der Waals surface area (Å²) >= 11 is 0. The number of benzene rings is 1. The molecule has 19 heteroatoms. The van der Waals surface area contributed by atoms with Crippen LogP contribution < -0.4 is 31.5 Å². The van der Waals surface area contributed by atoms with Gasteiger partial charge in [0.15, 0.2) is 5.65 Å². The summed E-state index contributed by atoms with van der Waals surface area (Å²) in [5, 5.41) is 10.2. The van der Waals surface area contributed by atoms with Gasteiger partial charge in [-0.1, -0.05) is 36.4 Å². The van der Waals surface area contributed by atoms with Crippen molar-refractivity contribution >= 4 is 52.3 Å². The van der Waals surface area contributed by atoms with Gasteiger partial charge in [0.1, 0.15) is 64.8 Å². The number of carbonyl (C=O) groups is 3. The first-order chi connectivity index (χ1) is 38.2. The fourth-order valence-electron chi connectivity index (χ4n) is 10.3. The first-order valence-corrected chi connectivity index (χ1v) is 28.2. The number of amides is 1. The molecule has 1 aliphatic carbocycles. The fraction of sp³-hybridized carbons (Fsp3) is 0.508. The van der Waals surface area contributed by atoms with Crippen LogP contribution in [0.1, 0.15) is 143 Å². The van der Waals surface area contributed by atoms with E-state index < -0.39 is 41.3 Å². The second-order valence-corrected chi connectivity index (χ2v) is 23.2. The molecule has 2 fully saturated rings. The molecule has 0 bridgehead atoms. The molecule has 426 valence electrons. The van der Waals surface area contributed by atoms with Crippen molar-refractivity contribution in [1.29, 1.82) is 0 Å². The van der Waals surface area contributed by atoms with Crippen LogP contribution in [-0.2, 0) is 43.2 Å². The minimum absolute atomic E-state index is 0.0514. The average molecular weight is 1090 g/mol. The standard InChI is InChI=1S/C34H41N7O4.C27H40N6O2/c1-22-29(36-20-28(32(42)45-34(3,4)5)40-33(43)44-21-24-10-7-6-8-11-24)37-23(2)38-31(22)41-18-15-25(16-19-41)27-14-13-26-12-9-17-35-30(26)39-27;1-17-24(29-16-21(28)26(34)35-27(3,4)5)30-18(2)31-25(17)33-14-12-20(13-15-33)23-11-10-19-8-6-7-9-22(19)32-23/h6-14,17,25,28H,15-16,18-21H2,1-5H3,(H,40,43)(H,36,37,38);10-11,20-21H,6-9,12-16,28H2,1-5H3,(H,29,30,31)/t28-;21-/m00/s1. The van der Waals surface area contributed by atoms with Gasteiger partial charge < -0.3 is 45.7 Å². The monoisotopic (exact) mass is 1090 g/mol. The van der Waals surface area contributed by atoms with Crippen LogP contribution in [-0.4, -0.2) is 115 Å². The van der Waals surface area contributed by atoms with E-state index in [1.165, 1.54) is 36.2 Å². The van der Waals surface area contributed by atoms with E-state index in [4.69, 9.17) is 39.9 Å². The van der Waals surface area contributed by atoms with Crippen LogP contribution in [0.15, 0.2) is 72.9 Å². The molecular formula is C61H81N13O6. The number of fused-ring (bicyclic) bond motifs is 2. The molecule has 1 aromatic carbocycles.